The highest BCUT2D eigenvalue weighted by Crippen LogP contribution is 2.37. The highest BCUT2D eigenvalue weighted by Gasteiger charge is 2.42. The number of nitriles is 1. The Labute approximate surface area is 128 Å². The van der Waals surface area contributed by atoms with Crippen LogP contribution in [0.3, 0.4) is 0 Å². The number of hydrogen-bond donors (Lipinski definition) is 1. The van der Waals surface area contributed by atoms with Crippen LogP contribution in [0.4, 0.5) is 0 Å². The van der Waals surface area contributed by atoms with Crippen LogP contribution in [0.5, 0.6) is 5.75 Å². The predicted molar refractivity (Wildman–Crippen MR) is 85.3 cm³/mol. The lowest BCUT2D eigenvalue weighted by atomic mass is 9.86. The Morgan fingerprint density at radius 3 is 2.81 bits per heavy atom. The van der Waals surface area contributed by atoms with E-state index in [1.54, 1.807) is 0 Å². The first kappa shape index (κ1) is 15.9. The summed E-state index contributed by atoms with van der Waals surface area (Å²) in [6.45, 7) is 5.82. The van der Waals surface area contributed by atoms with E-state index in [0.29, 0.717) is 12.5 Å². The molecule has 1 saturated carbocycles. The number of hydrogen-bond acceptors (Lipinski definition) is 3. The van der Waals surface area contributed by atoms with Crippen molar-refractivity contribution in [2.75, 3.05) is 13.2 Å². The standard InChI is InChI=1S/C18H26N2O/c1-3-12-20-18(14-19)11-4-5-16(18)10-13-21-17-8-6-15(2)7-9-17/h6-9,16,20H,3-5,10-13H2,1-2H3. The van der Waals surface area contributed by atoms with Gasteiger partial charge in [-0.05, 0) is 57.2 Å². The average molecular weight is 286 g/mol. The van der Waals surface area contributed by atoms with E-state index in [2.05, 4.69) is 37.4 Å². The average Bonchev–Trinajstić information content (AvgIpc) is 2.91. The molecule has 3 heteroatoms. The van der Waals surface area contributed by atoms with Crippen LogP contribution in [0.2, 0.25) is 0 Å². The SMILES string of the molecule is CCCNC1(C#N)CCCC1CCOc1ccc(C)cc1. The van der Waals surface area contributed by atoms with E-state index >= 15 is 0 Å². The van der Waals surface area contributed by atoms with Gasteiger partial charge in [-0.25, -0.2) is 0 Å². The number of nitrogens with one attached hydrogen (secondary N) is 1. The van der Waals surface area contributed by atoms with Gasteiger partial charge in [0.25, 0.3) is 0 Å². The Balaban J connectivity index is 1.86. The molecule has 1 N–H and O–H groups in total. The summed E-state index contributed by atoms with van der Waals surface area (Å²) in [6.07, 6.45) is 5.24. The van der Waals surface area contributed by atoms with Gasteiger partial charge in [0.05, 0.1) is 12.7 Å². The monoisotopic (exact) mass is 286 g/mol. The van der Waals surface area contributed by atoms with Crippen molar-refractivity contribution in [3.05, 3.63) is 29.8 Å². The third-order valence-electron chi connectivity index (χ3n) is 4.47. The number of rotatable bonds is 7. The molecule has 21 heavy (non-hydrogen) atoms. The van der Waals surface area contributed by atoms with Crippen molar-refractivity contribution in [1.29, 1.82) is 5.26 Å². The maximum Gasteiger partial charge on any atom is 0.119 e. The van der Waals surface area contributed by atoms with Crippen molar-refractivity contribution in [2.24, 2.45) is 5.92 Å². The summed E-state index contributed by atoms with van der Waals surface area (Å²) in [4.78, 5) is 0. The van der Waals surface area contributed by atoms with Gasteiger partial charge in [0.15, 0.2) is 0 Å². The first-order valence-corrected chi connectivity index (χ1v) is 8.06. The minimum absolute atomic E-state index is 0.327. The molecule has 3 nitrogen and oxygen atoms in total. The molecule has 114 valence electrons. The van der Waals surface area contributed by atoms with E-state index in [1.165, 1.54) is 5.56 Å². The van der Waals surface area contributed by atoms with E-state index in [1.807, 2.05) is 12.1 Å². The van der Waals surface area contributed by atoms with Crippen molar-refractivity contribution in [1.82, 2.24) is 5.32 Å². The first-order valence-electron chi connectivity index (χ1n) is 8.06. The van der Waals surface area contributed by atoms with Crippen LogP contribution in [0, 0.1) is 24.2 Å². The van der Waals surface area contributed by atoms with Crippen LogP contribution in [0.1, 0.15) is 44.6 Å². The molecular formula is C18H26N2O. The maximum atomic E-state index is 9.61. The second kappa shape index (κ2) is 7.47. The van der Waals surface area contributed by atoms with Gasteiger partial charge in [-0.1, -0.05) is 31.0 Å². The zero-order chi connectivity index (χ0) is 15.1. The van der Waals surface area contributed by atoms with Gasteiger partial charge in [0, 0.05) is 0 Å². The lowest BCUT2D eigenvalue weighted by Gasteiger charge is -2.30. The van der Waals surface area contributed by atoms with Gasteiger partial charge in [-0.3, -0.25) is 5.32 Å². The highest BCUT2D eigenvalue weighted by atomic mass is 16.5. The Bertz CT molecular complexity index is 477. The summed E-state index contributed by atoms with van der Waals surface area (Å²) < 4.78 is 5.83. The smallest absolute Gasteiger partial charge is 0.119 e. The van der Waals surface area contributed by atoms with E-state index in [4.69, 9.17) is 4.74 Å². The molecule has 0 aliphatic heterocycles. The second-order valence-electron chi connectivity index (χ2n) is 6.05. The van der Waals surface area contributed by atoms with Gasteiger partial charge in [0.1, 0.15) is 11.3 Å². The number of aryl methyl sites for hydroxylation is 1. The highest BCUT2D eigenvalue weighted by molar-refractivity contribution is 5.26. The van der Waals surface area contributed by atoms with Crippen LogP contribution in [0.15, 0.2) is 24.3 Å². The zero-order valence-corrected chi connectivity index (χ0v) is 13.2. The van der Waals surface area contributed by atoms with E-state index < -0.39 is 0 Å². The topological polar surface area (TPSA) is 45.0 Å². The minimum Gasteiger partial charge on any atom is -0.494 e. The second-order valence-corrected chi connectivity index (χ2v) is 6.05. The number of benzene rings is 1. The van der Waals surface area contributed by atoms with Crippen molar-refractivity contribution in [3.63, 3.8) is 0 Å². The Kier molecular flexibility index (Phi) is 5.64. The van der Waals surface area contributed by atoms with Gasteiger partial charge in [-0.2, -0.15) is 5.26 Å². The van der Waals surface area contributed by atoms with Crippen molar-refractivity contribution in [3.8, 4) is 11.8 Å². The molecule has 0 heterocycles. The zero-order valence-electron chi connectivity index (χ0n) is 13.2. The van der Waals surface area contributed by atoms with Crippen LogP contribution < -0.4 is 10.1 Å². The normalized spacial score (nSPS) is 24.7. The van der Waals surface area contributed by atoms with Crippen molar-refractivity contribution < 1.29 is 4.74 Å². The molecule has 0 saturated heterocycles. The summed E-state index contributed by atoms with van der Waals surface area (Å²) in [6, 6.07) is 10.7. The summed E-state index contributed by atoms with van der Waals surface area (Å²) in [7, 11) is 0. The molecule has 1 fully saturated rings. The lowest BCUT2D eigenvalue weighted by Crippen LogP contribution is -2.47. The third-order valence-corrected chi connectivity index (χ3v) is 4.47. The molecule has 1 aromatic rings. The molecule has 1 aliphatic rings. The molecule has 1 aliphatic carbocycles. The minimum atomic E-state index is -0.327. The quantitative estimate of drug-likeness (QED) is 0.828. The molecule has 0 bridgehead atoms. The molecule has 2 unspecified atom stereocenters. The fourth-order valence-corrected chi connectivity index (χ4v) is 3.19. The van der Waals surface area contributed by atoms with Gasteiger partial charge >= 0.3 is 0 Å². The summed E-state index contributed by atoms with van der Waals surface area (Å²) in [5.41, 5.74) is 0.914. The first-order chi connectivity index (χ1) is 10.2. The van der Waals surface area contributed by atoms with Crippen LogP contribution in [-0.4, -0.2) is 18.7 Å². The molecular weight excluding hydrogens is 260 g/mol. The number of nitrogens with zero attached hydrogens (tertiary/aromatic N) is 1. The van der Waals surface area contributed by atoms with E-state index in [0.717, 1.165) is 44.4 Å². The Hall–Kier alpha value is -1.53. The fraction of sp³-hybridized carbons (Fsp3) is 0.611. The fourth-order valence-electron chi connectivity index (χ4n) is 3.19. The predicted octanol–water partition coefficient (Wildman–Crippen LogP) is 3.83. The third kappa shape index (κ3) is 3.98. The Morgan fingerprint density at radius 1 is 1.38 bits per heavy atom. The summed E-state index contributed by atoms with van der Waals surface area (Å²) in [5.74, 6) is 1.32. The van der Waals surface area contributed by atoms with Gasteiger partial charge < -0.3 is 4.74 Å². The summed E-state index contributed by atoms with van der Waals surface area (Å²) >= 11 is 0. The maximum absolute atomic E-state index is 9.61. The lowest BCUT2D eigenvalue weighted by molar-refractivity contribution is 0.233. The van der Waals surface area contributed by atoms with Crippen LogP contribution in [-0.2, 0) is 0 Å². The van der Waals surface area contributed by atoms with Crippen LogP contribution in [0.25, 0.3) is 0 Å². The van der Waals surface area contributed by atoms with E-state index in [9.17, 15) is 5.26 Å². The van der Waals surface area contributed by atoms with Crippen molar-refractivity contribution >= 4 is 0 Å². The number of ether oxygens (including phenoxy) is 1. The summed E-state index contributed by atoms with van der Waals surface area (Å²) in [5, 5.41) is 13.1. The molecule has 2 rings (SSSR count). The molecule has 2 atom stereocenters. The van der Waals surface area contributed by atoms with Crippen LogP contribution >= 0.6 is 0 Å². The largest absolute Gasteiger partial charge is 0.494 e. The van der Waals surface area contributed by atoms with Crippen molar-refractivity contribution in [2.45, 2.75) is 51.5 Å². The molecule has 0 spiro atoms. The molecule has 0 radical (unpaired) electrons. The Morgan fingerprint density at radius 2 is 2.14 bits per heavy atom. The van der Waals surface area contributed by atoms with E-state index in [-0.39, 0.29) is 5.54 Å². The van der Waals surface area contributed by atoms with Gasteiger partial charge in [0.2, 0.25) is 0 Å². The van der Waals surface area contributed by atoms with Gasteiger partial charge in [-0.15, -0.1) is 0 Å². The molecule has 0 amide bonds. The molecule has 0 aromatic heterocycles. The molecule has 1 aromatic carbocycles.